The summed E-state index contributed by atoms with van der Waals surface area (Å²) in [5.41, 5.74) is 5.19. The van der Waals surface area contributed by atoms with Gasteiger partial charge in [0.15, 0.2) is 0 Å². The van der Waals surface area contributed by atoms with Crippen LogP contribution in [-0.2, 0) is 13.0 Å². The van der Waals surface area contributed by atoms with Crippen LogP contribution in [0.2, 0.25) is 10.0 Å². The fraction of sp³-hybridized carbons (Fsp3) is 0.250. The molecule has 0 saturated carbocycles. The van der Waals surface area contributed by atoms with Crippen molar-refractivity contribution in [3.05, 3.63) is 61.5 Å². The molecule has 0 bridgehead atoms. The Morgan fingerprint density at radius 2 is 1.95 bits per heavy atom. The van der Waals surface area contributed by atoms with Crippen LogP contribution in [0.25, 0.3) is 0 Å². The Balaban J connectivity index is 1.88. The first-order valence-electron chi connectivity index (χ1n) is 6.52. The molecule has 4 heteroatoms. The summed E-state index contributed by atoms with van der Waals surface area (Å²) in [6, 6.07) is 10.3. The third-order valence-electron chi connectivity index (χ3n) is 3.71. The van der Waals surface area contributed by atoms with Crippen molar-refractivity contribution in [3.63, 3.8) is 0 Å². The van der Waals surface area contributed by atoms with Crippen LogP contribution in [0.4, 0.5) is 5.69 Å². The minimum Gasteiger partial charge on any atom is -0.367 e. The Kier molecular flexibility index (Phi) is 3.98. The Morgan fingerprint density at radius 1 is 1.15 bits per heavy atom. The summed E-state index contributed by atoms with van der Waals surface area (Å²) >= 11 is 15.7. The van der Waals surface area contributed by atoms with E-state index in [1.807, 2.05) is 18.2 Å². The van der Waals surface area contributed by atoms with E-state index < -0.39 is 0 Å². The van der Waals surface area contributed by atoms with Crippen LogP contribution >= 0.6 is 39.1 Å². The molecule has 0 N–H and O–H groups in total. The molecule has 0 unspecified atom stereocenters. The minimum absolute atomic E-state index is 0.608. The summed E-state index contributed by atoms with van der Waals surface area (Å²) in [5, 5.41) is 1.23. The highest BCUT2D eigenvalue weighted by Gasteiger charge is 2.20. The molecule has 2 aromatic carbocycles. The topological polar surface area (TPSA) is 3.24 Å². The highest BCUT2D eigenvalue weighted by atomic mass is 79.9. The molecule has 0 saturated heterocycles. The Morgan fingerprint density at radius 3 is 2.70 bits per heavy atom. The maximum Gasteiger partial charge on any atom is 0.0595 e. The summed E-state index contributed by atoms with van der Waals surface area (Å²) in [6.45, 7) is 4.04. The smallest absolute Gasteiger partial charge is 0.0595 e. The lowest BCUT2D eigenvalue weighted by Crippen LogP contribution is -2.19. The zero-order chi connectivity index (χ0) is 14.3. The molecule has 104 valence electrons. The second kappa shape index (κ2) is 5.59. The molecule has 2 aromatic rings. The van der Waals surface area contributed by atoms with Gasteiger partial charge in [0.05, 0.1) is 10.0 Å². The second-order valence-electron chi connectivity index (χ2n) is 5.15. The maximum absolute atomic E-state index is 6.09. The van der Waals surface area contributed by atoms with E-state index >= 15 is 0 Å². The third-order valence-corrected chi connectivity index (χ3v) is 5.30. The van der Waals surface area contributed by atoms with Crippen LogP contribution in [0.3, 0.4) is 0 Å². The molecular weight excluding hydrogens is 357 g/mol. The van der Waals surface area contributed by atoms with Crippen LogP contribution in [0.5, 0.6) is 0 Å². The van der Waals surface area contributed by atoms with E-state index in [0.717, 1.165) is 19.5 Å². The van der Waals surface area contributed by atoms with Crippen LogP contribution in [0, 0.1) is 6.92 Å². The van der Waals surface area contributed by atoms with Gasteiger partial charge in [0.1, 0.15) is 0 Å². The molecule has 20 heavy (non-hydrogen) atoms. The number of fused-ring (bicyclic) bond motifs is 1. The van der Waals surface area contributed by atoms with Crippen molar-refractivity contribution in [2.45, 2.75) is 19.9 Å². The molecule has 0 atom stereocenters. The maximum atomic E-state index is 6.09. The molecule has 0 amide bonds. The monoisotopic (exact) mass is 369 g/mol. The van der Waals surface area contributed by atoms with Crippen LogP contribution in [0.1, 0.15) is 16.7 Å². The molecule has 0 aliphatic carbocycles. The molecule has 0 radical (unpaired) electrons. The average Bonchev–Trinajstić information content (AvgIpc) is 2.77. The van der Waals surface area contributed by atoms with E-state index in [4.69, 9.17) is 23.2 Å². The van der Waals surface area contributed by atoms with Crippen LogP contribution < -0.4 is 4.90 Å². The Bertz CT molecular complexity index is 670. The van der Waals surface area contributed by atoms with E-state index in [1.165, 1.54) is 26.9 Å². The number of hydrogen-bond acceptors (Lipinski definition) is 1. The lowest BCUT2D eigenvalue weighted by Gasteiger charge is -2.20. The van der Waals surface area contributed by atoms with Gasteiger partial charge in [-0.3, -0.25) is 0 Å². The molecule has 0 aromatic heterocycles. The lowest BCUT2D eigenvalue weighted by atomic mass is 10.1. The van der Waals surface area contributed by atoms with Gasteiger partial charge in [-0.15, -0.1) is 0 Å². The van der Waals surface area contributed by atoms with Gasteiger partial charge in [-0.05, 0) is 54.3 Å². The molecular formula is C16H14BrCl2N. The van der Waals surface area contributed by atoms with Crippen molar-refractivity contribution in [2.24, 2.45) is 0 Å². The highest BCUT2D eigenvalue weighted by Crippen LogP contribution is 2.34. The van der Waals surface area contributed by atoms with Gasteiger partial charge in [0, 0.05) is 23.2 Å². The van der Waals surface area contributed by atoms with E-state index in [2.05, 4.69) is 39.9 Å². The number of nitrogens with zero attached hydrogens (tertiary/aromatic N) is 1. The van der Waals surface area contributed by atoms with Gasteiger partial charge >= 0.3 is 0 Å². The zero-order valence-corrected chi connectivity index (χ0v) is 14.2. The lowest BCUT2D eigenvalue weighted by molar-refractivity contribution is 0.836. The van der Waals surface area contributed by atoms with Gasteiger partial charge in [0.2, 0.25) is 0 Å². The van der Waals surface area contributed by atoms with Gasteiger partial charge < -0.3 is 4.90 Å². The number of hydrogen-bond donors (Lipinski definition) is 0. The van der Waals surface area contributed by atoms with Crippen LogP contribution in [0.15, 0.2) is 34.8 Å². The quantitative estimate of drug-likeness (QED) is 0.662. The van der Waals surface area contributed by atoms with E-state index in [-0.39, 0.29) is 0 Å². The first kappa shape index (κ1) is 14.2. The number of aryl methyl sites for hydroxylation is 1. The van der Waals surface area contributed by atoms with Gasteiger partial charge in [0.25, 0.3) is 0 Å². The molecule has 3 rings (SSSR count). The molecule has 1 aliphatic heterocycles. The largest absolute Gasteiger partial charge is 0.367 e. The fourth-order valence-electron chi connectivity index (χ4n) is 2.60. The number of benzene rings is 2. The van der Waals surface area contributed by atoms with Crippen LogP contribution in [-0.4, -0.2) is 6.54 Å². The average molecular weight is 371 g/mol. The number of halogens is 3. The van der Waals surface area contributed by atoms with Crippen molar-refractivity contribution in [1.82, 2.24) is 0 Å². The predicted molar refractivity (Wildman–Crippen MR) is 90.1 cm³/mol. The van der Waals surface area contributed by atoms with Crippen molar-refractivity contribution in [2.75, 3.05) is 11.4 Å². The predicted octanol–water partition coefficient (Wildman–Crippen LogP) is 5.63. The summed E-state index contributed by atoms with van der Waals surface area (Å²) in [6.07, 6.45) is 1.09. The second-order valence-corrected chi connectivity index (χ2v) is 6.82. The minimum atomic E-state index is 0.608. The first-order chi connectivity index (χ1) is 9.54. The molecule has 1 heterocycles. The van der Waals surface area contributed by atoms with Gasteiger partial charge in [-0.2, -0.15) is 0 Å². The summed E-state index contributed by atoms with van der Waals surface area (Å²) < 4.78 is 1.19. The van der Waals surface area contributed by atoms with Crippen molar-refractivity contribution in [3.8, 4) is 0 Å². The summed E-state index contributed by atoms with van der Waals surface area (Å²) in [5.74, 6) is 0. The number of anilines is 1. The normalized spacial score (nSPS) is 13.7. The standard InChI is InChI=1S/C16H14BrCl2N/c1-10-6-16-12(8-13(10)17)4-5-20(16)9-11-2-3-14(18)15(19)7-11/h2-3,6-8H,4-5,9H2,1H3. The molecule has 1 nitrogen and oxygen atoms in total. The van der Waals surface area contributed by atoms with E-state index in [1.54, 1.807) is 0 Å². The zero-order valence-electron chi connectivity index (χ0n) is 11.1. The van der Waals surface area contributed by atoms with Crippen molar-refractivity contribution >= 4 is 44.8 Å². The Hall–Kier alpha value is -0.700. The molecule has 1 aliphatic rings. The highest BCUT2D eigenvalue weighted by molar-refractivity contribution is 9.10. The number of rotatable bonds is 2. The SMILES string of the molecule is Cc1cc2c(cc1Br)CCN2Cc1ccc(Cl)c(Cl)c1. The van der Waals surface area contributed by atoms with E-state index in [0.29, 0.717) is 10.0 Å². The fourth-order valence-corrected chi connectivity index (χ4v) is 3.31. The first-order valence-corrected chi connectivity index (χ1v) is 8.07. The van der Waals surface area contributed by atoms with Crippen molar-refractivity contribution < 1.29 is 0 Å². The Labute approximate surface area is 137 Å². The summed E-state index contributed by atoms with van der Waals surface area (Å²) in [4.78, 5) is 2.40. The molecule has 0 spiro atoms. The third kappa shape index (κ3) is 2.69. The van der Waals surface area contributed by atoms with Gasteiger partial charge in [-0.25, -0.2) is 0 Å². The van der Waals surface area contributed by atoms with Gasteiger partial charge in [-0.1, -0.05) is 45.2 Å². The molecule has 0 fully saturated rings. The summed E-state index contributed by atoms with van der Waals surface area (Å²) in [7, 11) is 0. The van der Waals surface area contributed by atoms with Crippen molar-refractivity contribution in [1.29, 1.82) is 0 Å². The van der Waals surface area contributed by atoms with E-state index in [9.17, 15) is 0 Å².